The number of hydrogen-bond acceptors (Lipinski definition) is 3. The van der Waals surface area contributed by atoms with Crippen molar-refractivity contribution < 1.29 is 36.8 Å². The number of halogens is 4. The summed E-state index contributed by atoms with van der Waals surface area (Å²) in [6, 6.07) is 10.7. The van der Waals surface area contributed by atoms with E-state index in [9.17, 15) is 27.2 Å². The van der Waals surface area contributed by atoms with Crippen molar-refractivity contribution in [2.75, 3.05) is 5.43 Å². The molecule has 0 aliphatic rings. The lowest BCUT2D eigenvalue weighted by atomic mass is 10.0. The third-order valence-corrected chi connectivity index (χ3v) is 8.42. The number of carboxylic acid groups (broad SMARTS) is 1. The van der Waals surface area contributed by atoms with Crippen LogP contribution in [0.5, 0.6) is 0 Å². The molecule has 0 spiro atoms. The highest BCUT2D eigenvalue weighted by molar-refractivity contribution is 5.92. The van der Waals surface area contributed by atoms with Gasteiger partial charge in [-0.05, 0) is 42.9 Å². The van der Waals surface area contributed by atoms with E-state index in [4.69, 9.17) is 5.11 Å². The average Bonchev–Trinajstić information content (AvgIpc) is 3.04. The number of carbonyl (C=O) groups is 2. The highest BCUT2D eigenvalue weighted by atomic mass is 19.3. The standard InChI is InChI=1S/C36H53F4N3O3/c1-2-3-4-5-6-7-8-9-10-11-12-13-14-15-16-19-27-43-28-25-30(26-29-43)21-20-23-31-22-17-18-24-32(31)41-42-33(44)35(37,38)36(39,40)34(45)46/h17-18,22,24-26,28-29,41H,2-16,19-21,23,27H2,1H3,(H-,42,44,45,46)/p+1. The van der Waals surface area contributed by atoms with Gasteiger partial charge in [0.25, 0.3) is 0 Å². The zero-order valence-electron chi connectivity index (χ0n) is 27.5. The molecule has 1 heterocycles. The maximum Gasteiger partial charge on any atom is 0.413 e. The second-order valence-electron chi connectivity index (χ2n) is 12.3. The maximum atomic E-state index is 13.7. The van der Waals surface area contributed by atoms with E-state index in [0.29, 0.717) is 12.0 Å². The molecule has 0 aliphatic heterocycles. The predicted molar refractivity (Wildman–Crippen MR) is 174 cm³/mol. The summed E-state index contributed by atoms with van der Waals surface area (Å²) in [7, 11) is 0. The van der Waals surface area contributed by atoms with Crippen molar-refractivity contribution in [1.82, 2.24) is 5.43 Å². The average molecular weight is 653 g/mol. The van der Waals surface area contributed by atoms with Gasteiger partial charge in [0.1, 0.15) is 6.54 Å². The number of unbranched alkanes of at least 4 members (excludes halogenated alkanes) is 15. The van der Waals surface area contributed by atoms with E-state index in [-0.39, 0.29) is 5.69 Å². The number of aryl methyl sites for hydroxylation is 3. The molecule has 0 fully saturated rings. The van der Waals surface area contributed by atoms with Crippen LogP contribution in [-0.2, 0) is 29.0 Å². The van der Waals surface area contributed by atoms with Crippen LogP contribution in [0.2, 0.25) is 0 Å². The van der Waals surface area contributed by atoms with E-state index < -0.39 is 23.7 Å². The smallest absolute Gasteiger partial charge is 0.413 e. The number of para-hydroxylation sites is 1. The Morgan fingerprint density at radius 3 is 1.70 bits per heavy atom. The van der Waals surface area contributed by atoms with Gasteiger partial charge < -0.3 is 5.11 Å². The molecule has 0 saturated heterocycles. The van der Waals surface area contributed by atoms with Crippen LogP contribution in [0.25, 0.3) is 0 Å². The number of anilines is 1. The number of carbonyl (C=O) groups excluding carboxylic acids is 1. The Labute approximate surface area is 272 Å². The Balaban J connectivity index is 1.58. The van der Waals surface area contributed by atoms with Gasteiger partial charge in [-0.1, -0.05) is 115 Å². The molecule has 3 N–H and O–H groups in total. The molecule has 0 atom stereocenters. The number of rotatable bonds is 26. The van der Waals surface area contributed by atoms with Crippen molar-refractivity contribution in [3.05, 3.63) is 59.9 Å². The van der Waals surface area contributed by atoms with Crippen LogP contribution in [0.15, 0.2) is 48.8 Å². The van der Waals surface area contributed by atoms with Crippen LogP contribution in [0.1, 0.15) is 127 Å². The molecule has 1 aromatic heterocycles. The molecular formula is C36H54F4N3O3+. The van der Waals surface area contributed by atoms with E-state index in [2.05, 4.69) is 41.4 Å². The van der Waals surface area contributed by atoms with Crippen molar-refractivity contribution in [3.8, 4) is 0 Å². The fourth-order valence-electron chi connectivity index (χ4n) is 5.47. The molecular weight excluding hydrogens is 598 g/mol. The van der Waals surface area contributed by atoms with E-state index >= 15 is 0 Å². The van der Waals surface area contributed by atoms with Gasteiger partial charge in [-0.3, -0.25) is 15.6 Å². The highest BCUT2D eigenvalue weighted by Crippen LogP contribution is 2.34. The summed E-state index contributed by atoms with van der Waals surface area (Å²) in [6.45, 7) is 3.25. The quantitative estimate of drug-likeness (QED) is 0.0410. The Kier molecular flexibility index (Phi) is 18.3. The number of nitrogens with zero attached hydrogens (tertiary/aromatic N) is 1. The van der Waals surface area contributed by atoms with E-state index in [0.717, 1.165) is 31.4 Å². The number of aliphatic carboxylic acids is 1. The number of amides is 1. The zero-order chi connectivity index (χ0) is 33.7. The molecule has 258 valence electrons. The van der Waals surface area contributed by atoms with Crippen LogP contribution in [0.4, 0.5) is 23.2 Å². The van der Waals surface area contributed by atoms with Crippen LogP contribution in [-0.4, -0.2) is 28.8 Å². The summed E-state index contributed by atoms with van der Waals surface area (Å²) < 4.78 is 56.2. The van der Waals surface area contributed by atoms with Crippen molar-refractivity contribution >= 4 is 17.6 Å². The SMILES string of the molecule is CCCCCCCCCCCCCCCCCC[n+]1ccc(CCCc2ccccc2NNC(=O)C(F)(F)C(F)(F)C(=O)O)cc1. The lowest BCUT2D eigenvalue weighted by molar-refractivity contribution is -0.697. The minimum atomic E-state index is -5.54. The minimum Gasteiger partial charge on any atom is -0.477 e. The second kappa shape index (κ2) is 21.6. The molecule has 0 unspecified atom stereocenters. The molecule has 1 amide bonds. The number of benzene rings is 1. The number of carboxylic acids is 1. The molecule has 10 heteroatoms. The first-order valence-corrected chi connectivity index (χ1v) is 17.2. The third-order valence-electron chi connectivity index (χ3n) is 8.42. The lowest BCUT2D eigenvalue weighted by Crippen LogP contribution is -2.57. The predicted octanol–water partition coefficient (Wildman–Crippen LogP) is 9.21. The van der Waals surface area contributed by atoms with Gasteiger partial charge in [-0.15, -0.1) is 0 Å². The Bertz CT molecular complexity index is 1150. The van der Waals surface area contributed by atoms with E-state index in [1.54, 1.807) is 18.2 Å². The number of aromatic nitrogens is 1. The molecule has 0 bridgehead atoms. The fraction of sp³-hybridized carbons (Fsp3) is 0.639. The van der Waals surface area contributed by atoms with Gasteiger partial charge in [0.2, 0.25) is 0 Å². The third kappa shape index (κ3) is 14.1. The fourth-order valence-corrected chi connectivity index (χ4v) is 5.47. The summed E-state index contributed by atoms with van der Waals surface area (Å²) in [4.78, 5) is 22.1. The van der Waals surface area contributed by atoms with E-state index in [1.807, 2.05) is 0 Å². The molecule has 1 aromatic carbocycles. The largest absolute Gasteiger partial charge is 0.477 e. The minimum absolute atomic E-state index is 0.259. The van der Waals surface area contributed by atoms with E-state index in [1.165, 1.54) is 108 Å². The number of nitrogens with one attached hydrogen (secondary N) is 2. The number of alkyl halides is 4. The van der Waals surface area contributed by atoms with Crippen molar-refractivity contribution in [2.45, 2.75) is 147 Å². The second-order valence-corrected chi connectivity index (χ2v) is 12.3. The van der Waals surface area contributed by atoms with Crippen LogP contribution in [0, 0.1) is 0 Å². The van der Waals surface area contributed by atoms with Crippen LogP contribution in [0.3, 0.4) is 0 Å². The molecule has 0 saturated carbocycles. The molecule has 0 radical (unpaired) electrons. The Morgan fingerprint density at radius 2 is 1.17 bits per heavy atom. The van der Waals surface area contributed by atoms with Crippen molar-refractivity contribution in [1.29, 1.82) is 0 Å². The first kappa shape index (κ1) is 39.0. The van der Waals surface area contributed by atoms with Crippen LogP contribution >= 0.6 is 0 Å². The van der Waals surface area contributed by atoms with Gasteiger partial charge >= 0.3 is 23.7 Å². The van der Waals surface area contributed by atoms with Crippen molar-refractivity contribution in [3.63, 3.8) is 0 Å². The van der Waals surface area contributed by atoms with Crippen LogP contribution < -0.4 is 15.4 Å². The van der Waals surface area contributed by atoms with Gasteiger partial charge in [0.05, 0.1) is 5.69 Å². The summed E-state index contributed by atoms with van der Waals surface area (Å²) >= 11 is 0. The lowest BCUT2D eigenvalue weighted by Gasteiger charge is -2.22. The van der Waals surface area contributed by atoms with Gasteiger partial charge in [0, 0.05) is 18.6 Å². The zero-order valence-corrected chi connectivity index (χ0v) is 27.5. The Morgan fingerprint density at radius 1 is 0.674 bits per heavy atom. The normalized spacial score (nSPS) is 11.8. The van der Waals surface area contributed by atoms with Crippen molar-refractivity contribution in [2.24, 2.45) is 0 Å². The molecule has 6 nitrogen and oxygen atoms in total. The molecule has 0 aliphatic carbocycles. The first-order valence-electron chi connectivity index (χ1n) is 17.2. The van der Waals surface area contributed by atoms with Gasteiger partial charge in [-0.2, -0.15) is 17.6 Å². The van der Waals surface area contributed by atoms with Gasteiger partial charge in [-0.25, -0.2) is 9.36 Å². The monoisotopic (exact) mass is 652 g/mol. The Hall–Kier alpha value is -3.17. The molecule has 2 rings (SSSR count). The maximum absolute atomic E-state index is 13.7. The first-order chi connectivity index (χ1) is 22.1. The summed E-state index contributed by atoms with van der Waals surface area (Å²) in [6.07, 6.45) is 27.8. The highest BCUT2D eigenvalue weighted by Gasteiger charge is 2.67. The topological polar surface area (TPSA) is 82.3 Å². The van der Waals surface area contributed by atoms with Gasteiger partial charge in [0.15, 0.2) is 12.4 Å². The summed E-state index contributed by atoms with van der Waals surface area (Å²) in [5.41, 5.74) is 5.85. The number of hydrogen-bond donors (Lipinski definition) is 3. The molecule has 46 heavy (non-hydrogen) atoms. The number of pyridine rings is 1. The number of hydrazine groups is 1. The summed E-state index contributed by atoms with van der Waals surface area (Å²) in [5, 5.41) is 8.36. The molecule has 2 aromatic rings. The summed E-state index contributed by atoms with van der Waals surface area (Å²) in [5.74, 6) is -16.5.